The van der Waals surface area contributed by atoms with E-state index in [1.165, 1.54) is 13.0 Å². The summed E-state index contributed by atoms with van der Waals surface area (Å²) in [5.74, 6) is -2.31. The highest BCUT2D eigenvalue weighted by molar-refractivity contribution is 5.74. The Kier molecular flexibility index (Phi) is 3.36. The molecule has 1 unspecified atom stereocenters. The summed E-state index contributed by atoms with van der Waals surface area (Å²) in [5, 5.41) is 17.6. The number of carboxylic acid groups (broad SMARTS) is 1. The Morgan fingerprint density at radius 1 is 1.53 bits per heavy atom. The maximum Gasteiger partial charge on any atom is 0.337 e. The SMILES string of the molecule is Cc1cc(C(O)C(=O)O)cc(F)c1CF. The molecule has 0 aliphatic carbocycles. The predicted octanol–water partition coefficient (Wildman–Crippen LogP) is 1.72. The van der Waals surface area contributed by atoms with Crippen LogP contribution in [0.1, 0.15) is 22.8 Å². The lowest BCUT2D eigenvalue weighted by Gasteiger charge is -2.10. The number of rotatable bonds is 3. The molecule has 0 amide bonds. The average molecular weight is 216 g/mol. The van der Waals surface area contributed by atoms with Gasteiger partial charge in [-0.15, -0.1) is 0 Å². The number of halogens is 2. The van der Waals surface area contributed by atoms with Gasteiger partial charge in [-0.25, -0.2) is 13.6 Å². The fourth-order valence-corrected chi connectivity index (χ4v) is 1.27. The molecule has 0 saturated heterocycles. The maximum atomic E-state index is 13.2. The van der Waals surface area contributed by atoms with E-state index >= 15 is 0 Å². The summed E-state index contributed by atoms with van der Waals surface area (Å²) >= 11 is 0. The number of benzene rings is 1. The Morgan fingerprint density at radius 2 is 2.13 bits per heavy atom. The Balaban J connectivity index is 3.19. The fourth-order valence-electron chi connectivity index (χ4n) is 1.27. The zero-order valence-electron chi connectivity index (χ0n) is 8.00. The molecule has 3 nitrogen and oxygen atoms in total. The number of aliphatic hydroxyl groups excluding tert-OH is 1. The topological polar surface area (TPSA) is 57.5 Å². The van der Waals surface area contributed by atoms with Crippen LogP contribution in [0.4, 0.5) is 8.78 Å². The molecule has 0 saturated carbocycles. The molecule has 0 fully saturated rings. The first kappa shape index (κ1) is 11.6. The van der Waals surface area contributed by atoms with Crippen LogP contribution in [-0.2, 0) is 11.5 Å². The number of alkyl halides is 1. The number of aliphatic carboxylic acids is 1. The van der Waals surface area contributed by atoms with Crippen molar-refractivity contribution in [1.82, 2.24) is 0 Å². The third-order valence-electron chi connectivity index (χ3n) is 2.12. The van der Waals surface area contributed by atoms with E-state index in [1.54, 1.807) is 0 Å². The van der Waals surface area contributed by atoms with Crippen molar-refractivity contribution in [2.45, 2.75) is 19.7 Å². The number of hydrogen-bond acceptors (Lipinski definition) is 2. The molecule has 0 aliphatic rings. The summed E-state index contributed by atoms with van der Waals surface area (Å²) in [5.41, 5.74) is 0.0823. The largest absolute Gasteiger partial charge is 0.479 e. The summed E-state index contributed by atoms with van der Waals surface area (Å²) < 4.78 is 25.5. The molecule has 5 heteroatoms. The third kappa shape index (κ3) is 2.30. The van der Waals surface area contributed by atoms with Crippen LogP contribution in [0.25, 0.3) is 0 Å². The average Bonchev–Trinajstić information content (AvgIpc) is 2.15. The molecule has 1 aromatic rings. The highest BCUT2D eigenvalue weighted by atomic mass is 19.1. The van der Waals surface area contributed by atoms with E-state index in [0.717, 1.165) is 6.07 Å². The fraction of sp³-hybridized carbons (Fsp3) is 0.300. The van der Waals surface area contributed by atoms with Gasteiger partial charge in [0.15, 0.2) is 6.10 Å². The molecule has 0 aromatic heterocycles. The van der Waals surface area contributed by atoms with Gasteiger partial charge in [0, 0.05) is 5.56 Å². The minimum absolute atomic E-state index is 0.0882. The molecule has 0 radical (unpaired) electrons. The van der Waals surface area contributed by atoms with Crippen LogP contribution in [0.15, 0.2) is 12.1 Å². The third-order valence-corrected chi connectivity index (χ3v) is 2.12. The van der Waals surface area contributed by atoms with Gasteiger partial charge in [0.1, 0.15) is 12.5 Å². The van der Waals surface area contributed by atoms with E-state index < -0.39 is 24.6 Å². The molecule has 0 spiro atoms. The lowest BCUT2D eigenvalue weighted by Crippen LogP contribution is -2.11. The van der Waals surface area contributed by atoms with Gasteiger partial charge in [0.05, 0.1) is 0 Å². The summed E-state index contributed by atoms with van der Waals surface area (Å²) in [6.07, 6.45) is -1.79. The second kappa shape index (κ2) is 4.35. The summed E-state index contributed by atoms with van der Waals surface area (Å²) in [7, 11) is 0. The molecule has 0 heterocycles. The Labute approximate surface area is 85.0 Å². The second-order valence-electron chi connectivity index (χ2n) is 3.17. The zero-order chi connectivity index (χ0) is 11.6. The Morgan fingerprint density at radius 3 is 2.53 bits per heavy atom. The molecule has 1 atom stereocenters. The summed E-state index contributed by atoms with van der Waals surface area (Å²) in [6.45, 7) is 0.497. The van der Waals surface area contributed by atoms with E-state index in [9.17, 15) is 13.6 Å². The van der Waals surface area contributed by atoms with Crippen molar-refractivity contribution in [3.8, 4) is 0 Å². The lowest BCUT2D eigenvalue weighted by atomic mass is 10.0. The molecule has 1 rings (SSSR count). The number of carbonyl (C=O) groups is 1. The molecular formula is C10H10F2O3. The molecular weight excluding hydrogens is 206 g/mol. The van der Waals surface area contributed by atoms with Crippen molar-refractivity contribution >= 4 is 5.97 Å². The second-order valence-corrected chi connectivity index (χ2v) is 3.17. The van der Waals surface area contributed by atoms with E-state index in [1.807, 2.05) is 0 Å². The highest BCUT2D eigenvalue weighted by Gasteiger charge is 2.18. The summed E-state index contributed by atoms with van der Waals surface area (Å²) in [4.78, 5) is 10.4. The minimum atomic E-state index is -1.79. The summed E-state index contributed by atoms with van der Waals surface area (Å²) in [6, 6.07) is 2.09. The van der Waals surface area contributed by atoms with Gasteiger partial charge in [0.2, 0.25) is 0 Å². The minimum Gasteiger partial charge on any atom is -0.479 e. The first-order valence-corrected chi connectivity index (χ1v) is 4.23. The maximum absolute atomic E-state index is 13.2. The van der Waals surface area contributed by atoms with Gasteiger partial charge in [-0.3, -0.25) is 0 Å². The van der Waals surface area contributed by atoms with E-state index in [4.69, 9.17) is 10.2 Å². The number of carboxylic acids is 1. The molecule has 15 heavy (non-hydrogen) atoms. The van der Waals surface area contributed by atoms with Crippen molar-refractivity contribution in [1.29, 1.82) is 0 Å². The van der Waals surface area contributed by atoms with Gasteiger partial charge in [0.25, 0.3) is 0 Å². The van der Waals surface area contributed by atoms with Gasteiger partial charge in [-0.1, -0.05) is 6.07 Å². The number of aryl methyl sites for hydroxylation is 1. The van der Waals surface area contributed by atoms with Crippen LogP contribution in [0.2, 0.25) is 0 Å². The van der Waals surface area contributed by atoms with Crippen molar-refractivity contribution in [2.24, 2.45) is 0 Å². The molecule has 1 aromatic carbocycles. The first-order valence-electron chi connectivity index (χ1n) is 4.23. The van der Waals surface area contributed by atoms with Crippen LogP contribution in [0.3, 0.4) is 0 Å². The zero-order valence-corrected chi connectivity index (χ0v) is 8.00. The van der Waals surface area contributed by atoms with Crippen LogP contribution in [0.5, 0.6) is 0 Å². The van der Waals surface area contributed by atoms with Crippen LogP contribution >= 0.6 is 0 Å². The van der Waals surface area contributed by atoms with Gasteiger partial charge >= 0.3 is 5.97 Å². The van der Waals surface area contributed by atoms with Crippen LogP contribution < -0.4 is 0 Å². The van der Waals surface area contributed by atoms with Gasteiger partial charge in [-0.05, 0) is 24.1 Å². The van der Waals surface area contributed by atoms with E-state index in [-0.39, 0.29) is 16.7 Å². The molecule has 2 N–H and O–H groups in total. The first-order chi connectivity index (χ1) is 6.97. The van der Waals surface area contributed by atoms with Crippen LogP contribution in [0, 0.1) is 12.7 Å². The highest BCUT2D eigenvalue weighted by Crippen LogP contribution is 2.21. The number of hydrogen-bond donors (Lipinski definition) is 2. The molecule has 0 aliphatic heterocycles. The Bertz CT molecular complexity index is 367. The smallest absolute Gasteiger partial charge is 0.337 e. The lowest BCUT2D eigenvalue weighted by molar-refractivity contribution is -0.146. The van der Waals surface area contributed by atoms with Gasteiger partial charge in [-0.2, -0.15) is 0 Å². The molecule has 82 valence electrons. The van der Waals surface area contributed by atoms with Crippen molar-refractivity contribution < 1.29 is 23.8 Å². The van der Waals surface area contributed by atoms with Crippen molar-refractivity contribution in [3.63, 3.8) is 0 Å². The van der Waals surface area contributed by atoms with Crippen molar-refractivity contribution in [2.75, 3.05) is 0 Å². The van der Waals surface area contributed by atoms with E-state index in [0.29, 0.717) is 0 Å². The quantitative estimate of drug-likeness (QED) is 0.808. The number of aliphatic hydroxyl groups is 1. The Hall–Kier alpha value is -1.49. The van der Waals surface area contributed by atoms with Crippen LogP contribution in [-0.4, -0.2) is 16.2 Å². The normalized spacial score (nSPS) is 12.5. The van der Waals surface area contributed by atoms with E-state index in [2.05, 4.69) is 0 Å². The van der Waals surface area contributed by atoms with Gasteiger partial charge < -0.3 is 10.2 Å². The molecule has 0 bridgehead atoms. The van der Waals surface area contributed by atoms with Crippen molar-refractivity contribution in [3.05, 3.63) is 34.6 Å². The monoisotopic (exact) mass is 216 g/mol. The standard InChI is InChI=1S/C10H10F2O3/c1-5-2-6(9(13)10(14)15)3-8(12)7(5)4-11/h2-3,9,13H,4H2,1H3,(H,14,15). The predicted molar refractivity (Wildman–Crippen MR) is 48.5 cm³/mol.